The van der Waals surface area contributed by atoms with E-state index in [2.05, 4.69) is 0 Å². The molecule has 0 aliphatic rings. The molecular formula is C17H14O4S. The number of aromatic carboxylic acids is 1. The van der Waals surface area contributed by atoms with Crippen molar-refractivity contribution in [3.8, 4) is 5.75 Å². The molecule has 1 heterocycles. The van der Waals surface area contributed by atoms with Crippen LogP contribution >= 0.6 is 11.3 Å². The topological polar surface area (TPSA) is 63.6 Å². The highest BCUT2D eigenvalue weighted by Gasteiger charge is 2.16. The molecule has 0 fully saturated rings. The van der Waals surface area contributed by atoms with Crippen molar-refractivity contribution in [2.24, 2.45) is 0 Å². The fourth-order valence-corrected chi connectivity index (χ4v) is 3.67. The van der Waals surface area contributed by atoms with Crippen molar-refractivity contribution in [3.63, 3.8) is 0 Å². The number of rotatable bonds is 3. The SMILES string of the molecule is CCc1cc(C(=O)O)c2c(=O)c3cc(OC)ccc3sc2c1. The Hall–Kier alpha value is -2.40. The van der Waals surface area contributed by atoms with E-state index < -0.39 is 5.97 Å². The summed E-state index contributed by atoms with van der Waals surface area (Å²) >= 11 is 1.43. The normalized spacial score (nSPS) is 11.0. The van der Waals surface area contributed by atoms with Gasteiger partial charge in [-0.2, -0.15) is 0 Å². The van der Waals surface area contributed by atoms with Gasteiger partial charge in [0.25, 0.3) is 0 Å². The van der Waals surface area contributed by atoms with Gasteiger partial charge in [0.15, 0.2) is 5.43 Å². The Morgan fingerprint density at radius 2 is 2.00 bits per heavy atom. The average molecular weight is 314 g/mol. The van der Waals surface area contributed by atoms with Gasteiger partial charge < -0.3 is 9.84 Å². The van der Waals surface area contributed by atoms with Gasteiger partial charge in [-0.15, -0.1) is 11.3 Å². The summed E-state index contributed by atoms with van der Waals surface area (Å²) in [6.45, 7) is 1.96. The van der Waals surface area contributed by atoms with Crippen LogP contribution in [0.3, 0.4) is 0 Å². The number of fused-ring (bicyclic) bond motifs is 2. The van der Waals surface area contributed by atoms with Crippen molar-refractivity contribution in [1.29, 1.82) is 0 Å². The lowest BCUT2D eigenvalue weighted by atomic mass is 10.0. The van der Waals surface area contributed by atoms with Gasteiger partial charge in [-0.05, 0) is 42.3 Å². The lowest BCUT2D eigenvalue weighted by molar-refractivity contribution is 0.0699. The number of carbonyl (C=O) groups is 1. The number of aryl methyl sites for hydroxylation is 1. The molecule has 0 aliphatic heterocycles. The van der Waals surface area contributed by atoms with Crippen LogP contribution in [-0.2, 0) is 6.42 Å². The zero-order valence-electron chi connectivity index (χ0n) is 12.2. The van der Waals surface area contributed by atoms with Crippen LogP contribution in [-0.4, -0.2) is 18.2 Å². The second-order valence-corrected chi connectivity index (χ2v) is 6.05. The molecule has 22 heavy (non-hydrogen) atoms. The number of methoxy groups -OCH3 is 1. The fourth-order valence-electron chi connectivity index (χ4n) is 2.52. The summed E-state index contributed by atoms with van der Waals surface area (Å²) in [5.74, 6) is -0.495. The summed E-state index contributed by atoms with van der Waals surface area (Å²) < 4.78 is 6.68. The van der Waals surface area contributed by atoms with Gasteiger partial charge in [0.1, 0.15) is 5.75 Å². The van der Waals surface area contributed by atoms with Crippen LogP contribution in [0.15, 0.2) is 35.1 Å². The van der Waals surface area contributed by atoms with E-state index in [0.29, 0.717) is 15.8 Å². The molecule has 0 amide bonds. The van der Waals surface area contributed by atoms with Gasteiger partial charge in [0.2, 0.25) is 0 Å². The summed E-state index contributed by atoms with van der Waals surface area (Å²) in [4.78, 5) is 24.3. The Kier molecular flexibility index (Phi) is 3.58. The molecule has 0 bridgehead atoms. The number of hydrogen-bond acceptors (Lipinski definition) is 4. The van der Waals surface area contributed by atoms with E-state index in [4.69, 9.17) is 4.74 Å². The number of ether oxygens (including phenoxy) is 1. The monoisotopic (exact) mass is 314 g/mol. The molecule has 112 valence electrons. The third kappa shape index (κ3) is 2.23. The highest BCUT2D eigenvalue weighted by atomic mass is 32.1. The zero-order valence-corrected chi connectivity index (χ0v) is 13.0. The van der Waals surface area contributed by atoms with Crippen LogP contribution in [0.5, 0.6) is 5.75 Å². The van der Waals surface area contributed by atoms with Gasteiger partial charge >= 0.3 is 5.97 Å². The second kappa shape index (κ2) is 5.42. The van der Waals surface area contributed by atoms with Crippen molar-refractivity contribution in [1.82, 2.24) is 0 Å². The van der Waals surface area contributed by atoms with Crippen LogP contribution in [0.2, 0.25) is 0 Å². The Bertz CT molecular complexity index is 956. The molecule has 4 nitrogen and oxygen atoms in total. The standard InChI is InChI=1S/C17H14O4S/c1-3-9-6-12(17(19)20)15-14(7-9)22-13-5-4-10(21-2)8-11(13)16(15)18/h4-8H,3H2,1-2H3,(H,19,20). The number of hydrogen-bond donors (Lipinski definition) is 1. The third-order valence-corrected chi connectivity index (χ3v) is 4.80. The summed E-state index contributed by atoms with van der Waals surface area (Å²) in [5.41, 5.74) is 0.719. The van der Waals surface area contributed by atoms with Crippen LogP contribution in [0.1, 0.15) is 22.8 Å². The first-order valence-electron chi connectivity index (χ1n) is 6.86. The third-order valence-electron chi connectivity index (χ3n) is 3.68. The van der Waals surface area contributed by atoms with E-state index in [1.165, 1.54) is 18.4 Å². The van der Waals surface area contributed by atoms with E-state index in [-0.39, 0.29) is 16.4 Å². The summed E-state index contributed by atoms with van der Waals surface area (Å²) in [7, 11) is 1.53. The molecule has 1 aromatic heterocycles. The van der Waals surface area contributed by atoms with Crippen LogP contribution in [0.25, 0.3) is 20.2 Å². The first kappa shape index (κ1) is 14.5. The van der Waals surface area contributed by atoms with Crippen molar-refractivity contribution < 1.29 is 14.6 Å². The molecule has 3 rings (SSSR count). The Labute approximate surface area is 130 Å². The van der Waals surface area contributed by atoms with Crippen LogP contribution in [0, 0.1) is 0 Å². The quantitative estimate of drug-likeness (QED) is 0.749. The van der Waals surface area contributed by atoms with E-state index in [0.717, 1.165) is 16.7 Å². The van der Waals surface area contributed by atoms with E-state index in [1.54, 1.807) is 18.2 Å². The lowest BCUT2D eigenvalue weighted by Gasteiger charge is -2.08. The first-order valence-corrected chi connectivity index (χ1v) is 7.67. The molecule has 0 aliphatic carbocycles. The van der Waals surface area contributed by atoms with Gasteiger partial charge in [0, 0.05) is 14.8 Å². The summed E-state index contributed by atoms with van der Waals surface area (Å²) in [6, 6.07) is 8.78. The Morgan fingerprint density at radius 3 is 2.64 bits per heavy atom. The van der Waals surface area contributed by atoms with E-state index in [1.807, 2.05) is 19.1 Å². The predicted molar refractivity (Wildman–Crippen MR) is 88.5 cm³/mol. The molecule has 0 atom stereocenters. The largest absolute Gasteiger partial charge is 0.497 e. The first-order chi connectivity index (χ1) is 10.5. The number of carboxylic acids is 1. The lowest BCUT2D eigenvalue weighted by Crippen LogP contribution is -2.09. The Morgan fingerprint density at radius 1 is 1.23 bits per heavy atom. The maximum absolute atomic E-state index is 12.8. The molecule has 0 spiro atoms. The Balaban J connectivity index is 2.51. The van der Waals surface area contributed by atoms with Crippen LogP contribution in [0.4, 0.5) is 0 Å². The van der Waals surface area contributed by atoms with Crippen molar-refractivity contribution >= 4 is 37.5 Å². The zero-order chi connectivity index (χ0) is 15.9. The highest BCUT2D eigenvalue weighted by Crippen LogP contribution is 2.30. The average Bonchev–Trinajstić information content (AvgIpc) is 2.53. The highest BCUT2D eigenvalue weighted by molar-refractivity contribution is 7.24. The minimum Gasteiger partial charge on any atom is -0.497 e. The van der Waals surface area contributed by atoms with Gasteiger partial charge in [-0.25, -0.2) is 4.79 Å². The maximum atomic E-state index is 12.8. The molecule has 1 N–H and O–H groups in total. The van der Waals surface area contributed by atoms with Gasteiger partial charge in [0.05, 0.1) is 18.1 Å². The molecule has 0 saturated heterocycles. The number of carboxylic acid groups (broad SMARTS) is 1. The summed E-state index contributed by atoms with van der Waals surface area (Å²) in [5, 5.41) is 10.2. The second-order valence-electron chi connectivity index (χ2n) is 4.97. The fraction of sp³-hybridized carbons (Fsp3) is 0.176. The molecular weight excluding hydrogens is 300 g/mol. The minimum atomic E-state index is -1.08. The van der Waals surface area contributed by atoms with Crippen LogP contribution < -0.4 is 10.2 Å². The molecule has 2 aromatic carbocycles. The smallest absolute Gasteiger partial charge is 0.336 e. The van der Waals surface area contributed by atoms with Crippen molar-refractivity contribution in [3.05, 3.63) is 51.7 Å². The maximum Gasteiger partial charge on any atom is 0.336 e. The molecule has 5 heteroatoms. The predicted octanol–water partition coefficient (Wildman–Crippen LogP) is 3.68. The van der Waals surface area contributed by atoms with Crippen molar-refractivity contribution in [2.75, 3.05) is 7.11 Å². The van der Waals surface area contributed by atoms with Crippen molar-refractivity contribution in [2.45, 2.75) is 13.3 Å². The molecule has 0 unspecified atom stereocenters. The minimum absolute atomic E-state index is 0.0697. The van der Waals surface area contributed by atoms with E-state index >= 15 is 0 Å². The molecule has 0 radical (unpaired) electrons. The summed E-state index contributed by atoms with van der Waals surface area (Å²) in [6.07, 6.45) is 0.720. The van der Waals surface area contributed by atoms with E-state index in [9.17, 15) is 14.7 Å². The number of benzene rings is 2. The van der Waals surface area contributed by atoms with Gasteiger partial charge in [-0.1, -0.05) is 6.92 Å². The van der Waals surface area contributed by atoms with Gasteiger partial charge in [-0.3, -0.25) is 4.79 Å². The molecule has 0 saturated carbocycles. The molecule has 3 aromatic rings.